The molecular formula is C5H8ClNOS2. The molecule has 5 heteroatoms. The van der Waals surface area contributed by atoms with Crippen molar-refractivity contribution in [3.63, 3.8) is 0 Å². The second kappa shape index (κ2) is 2.62. The Morgan fingerprint density at radius 3 is 2.50 bits per heavy atom. The normalized spacial score (nSPS) is 13.5. The van der Waals surface area contributed by atoms with E-state index in [-0.39, 0.29) is 0 Å². The van der Waals surface area contributed by atoms with Crippen molar-refractivity contribution >= 4 is 33.1 Å². The van der Waals surface area contributed by atoms with Crippen molar-refractivity contribution in [1.29, 1.82) is 0 Å². The third-order valence-electron chi connectivity index (χ3n) is 0.997. The second-order valence-electron chi connectivity index (χ2n) is 2.07. The van der Waals surface area contributed by atoms with Crippen molar-refractivity contribution < 1.29 is 4.21 Å². The molecule has 0 saturated heterocycles. The molecule has 0 aliphatic carbocycles. The Labute approximate surface area is 69.6 Å². The minimum absolute atomic E-state index is 0.627. The Morgan fingerprint density at radius 1 is 1.70 bits per heavy atom. The van der Waals surface area contributed by atoms with Crippen LogP contribution in [0.25, 0.3) is 0 Å². The summed E-state index contributed by atoms with van der Waals surface area (Å²) in [5, 5.41) is 5.38. The van der Waals surface area contributed by atoms with Crippen molar-refractivity contribution in [2.75, 3.05) is 6.26 Å². The SMILES string of the molecule is C[SH](N)(=O)c1ccc(Cl)s1. The molecule has 10 heavy (non-hydrogen) atoms. The Bertz CT molecular complexity index is 277. The molecule has 0 fully saturated rings. The third kappa shape index (κ3) is 1.79. The first-order valence-electron chi connectivity index (χ1n) is 2.62. The third-order valence-corrected chi connectivity index (χ3v) is 4.42. The lowest BCUT2D eigenvalue weighted by Gasteiger charge is -2.07. The summed E-state index contributed by atoms with van der Waals surface area (Å²) >= 11 is 6.88. The number of hydrogen-bond donors (Lipinski definition) is 2. The maximum absolute atomic E-state index is 11.2. The first-order valence-corrected chi connectivity index (χ1v) is 6.04. The van der Waals surface area contributed by atoms with Crippen molar-refractivity contribution in [2.24, 2.45) is 5.14 Å². The molecule has 0 bridgehead atoms. The van der Waals surface area contributed by atoms with E-state index in [1.807, 2.05) is 0 Å². The van der Waals surface area contributed by atoms with Crippen LogP contribution in [-0.2, 0) is 10.1 Å². The van der Waals surface area contributed by atoms with Gasteiger partial charge in [-0.2, -0.15) is 0 Å². The second-order valence-corrected chi connectivity index (χ2v) is 6.55. The van der Waals surface area contributed by atoms with Crippen LogP contribution in [0.3, 0.4) is 0 Å². The average Bonchev–Trinajstić information content (AvgIpc) is 2.11. The van der Waals surface area contributed by atoms with Crippen LogP contribution in [0.15, 0.2) is 16.3 Å². The molecule has 0 saturated carbocycles. The summed E-state index contributed by atoms with van der Waals surface area (Å²) in [4.78, 5) is 0. The average molecular weight is 198 g/mol. The van der Waals surface area contributed by atoms with Crippen LogP contribution in [0.2, 0.25) is 4.34 Å². The van der Waals surface area contributed by atoms with Gasteiger partial charge in [0, 0.05) is 6.26 Å². The van der Waals surface area contributed by atoms with Gasteiger partial charge in [0.15, 0.2) is 0 Å². The Kier molecular flexibility index (Phi) is 2.15. The fraction of sp³-hybridized carbons (Fsp3) is 0.200. The molecule has 0 radical (unpaired) electrons. The molecule has 0 spiro atoms. The number of halogens is 1. The molecule has 0 aliphatic heterocycles. The quantitative estimate of drug-likeness (QED) is 0.655. The predicted octanol–water partition coefficient (Wildman–Crippen LogP) is 1.28. The minimum Gasteiger partial charge on any atom is -0.270 e. The van der Waals surface area contributed by atoms with Crippen LogP contribution in [-0.4, -0.2) is 10.5 Å². The largest absolute Gasteiger partial charge is 0.270 e. The first-order chi connectivity index (χ1) is 4.50. The molecule has 2 nitrogen and oxygen atoms in total. The lowest BCUT2D eigenvalue weighted by molar-refractivity contribution is 0.677. The van der Waals surface area contributed by atoms with E-state index >= 15 is 0 Å². The Balaban J connectivity index is 3.08. The van der Waals surface area contributed by atoms with E-state index in [2.05, 4.69) is 0 Å². The Morgan fingerprint density at radius 2 is 2.30 bits per heavy atom. The van der Waals surface area contributed by atoms with Gasteiger partial charge in [0.05, 0.1) is 8.55 Å². The van der Waals surface area contributed by atoms with Gasteiger partial charge >= 0.3 is 0 Å². The number of rotatable bonds is 1. The molecule has 0 amide bonds. The monoisotopic (exact) mass is 197 g/mol. The van der Waals surface area contributed by atoms with Gasteiger partial charge in [0.2, 0.25) is 0 Å². The molecule has 2 N–H and O–H groups in total. The van der Waals surface area contributed by atoms with E-state index in [0.717, 1.165) is 0 Å². The molecule has 1 heterocycles. The van der Waals surface area contributed by atoms with Crippen LogP contribution < -0.4 is 5.14 Å². The number of thiophene rings is 1. The van der Waals surface area contributed by atoms with Crippen LogP contribution in [0, 0.1) is 0 Å². The molecule has 58 valence electrons. The maximum atomic E-state index is 11.2. The van der Waals surface area contributed by atoms with Crippen LogP contribution >= 0.6 is 22.9 Å². The number of nitrogens with two attached hydrogens (primary N) is 1. The summed E-state index contributed by atoms with van der Waals surface area (Å²) in [6.45, 7) is 0. The van der Waals surface area contributed by atoms with E-state index in [1.165, 1.54) is 17.6 Å². The molecule has 1 aromatic heterocycles. The van der Waals surface area contributed by atoms with Gasteiger partial charge in [-0.3, -0.25) is 9.35 Å². The van der Waals surface area contributed by atoms with Crippen LogP contribution in [0.5, 0.6) is 0 Å². The van der Waals surface area contributed by atoms with Crippen molar-refractivity contribution in [2.45, 2.75) is 4.21 Å². The highest BCUT2D eigenvalue weighted by atomic mass is 35.5. The van der Waals surface area contributed by atoms with Gasteiger partial charge in [-0.25, -0.2) is 0 Å². The van der Waals surface area contributed by atoms with E-state index in [1.54, 1.807) is 12.1 Å². The van der Waals surface area contributed by atoms with Gasteiger partial charge < -0.3 is 0 Å². The Hall–Kier alpha value is 0.1000. The van der Waals surface area contributed by atoms with Crippen LogP contribution in [0.4, 0.5) is 0 Å². The lowest BCUT2D eigenvalue weighted by atomic mass is 10.7. The molecule has 1 aromatic rings. The lowest BCUT2D eigenvalue weighted by Crippen LogP contribution is -2.19. The highest BCUT2D eigenvalue weighted by molar-refractivity contribution is 8.02. The van der Waals surface area contributed by atoms with Crippen molar-refractivity contribution in [1.82, 2.24) is 0 Å². The topological polar surface area (TPSA) is 43.1 Å². The summed E-state index contributed by atoms with van der Waals surface area (Å²) < 4.78 is 12.5. The van der Waals surface area contributed by atoms with E-state index in [9.17, 15) is 4.21 Å². The summed E-state index contributed by atoms with van der Waals surface area (Å²) in [6, 6.07) is 3.40. The smallest absolute Gasteiger partial charge is 0.0940 e. The highest BCUT2D eigenvalue weighted by Gasteiger charge is 2.06. The maximum Gasteiger partial charge on any atom is 0.0940 e. The zero-order valence-corrected chi connectivity index (χ0v) is 7.84. The molecular weight excluding hydrogens is 190 g/mol. The summed E-state index contributed by atoms with van der Waals surface area (Å²) in [5.41, 5.74) is 0. The molecule has 0 aromatic carbocycles. The van der Waals surface area contributed by atoms with Crippen LogP contribution in [0.1, 0.15) is 0 Å². The number of hydrogen-bond acceptors (Lipinski definition) is 2. The zero-order chi connectivity index (χ0) is 7.78. The molecule has 0 aliphatic rings. The fourth-order valence-electron chi connectivity index (χ4n) is 0.543. The molecule has 1 rings (SSSR count). The summed E-state index contributed by atoms with van der Waals surface area (Å²) in [6.07, 6.45) is 1.52. The highest BCUT2D eigenvalue weighted by Crippen LogP contribution is 2.26. The van der Waals surface area contributed by atoms with E-state index in [4.69, 9.17) is 16.7 Å². The fourth-order valence-corrected chi connectivity index (χ4v) is 2.88. The summed E-state index contributed by atoms with van der Waals surface area (Å²) in [7, 11) is -2.56. The van der Waals surface area contributed by atoms with Gasteiger partial charge in [-0.1, -0.05) is 11.6 Å². The predicted molar refractivity (Wildman–Crippen MR) is 47.2 cm³/mol. The van der Waals surface area contributed by atoms with Gasteiger partial charge in [-0.05, 0) is 22.3 Å². The van der Waals surface area contributed by atoms with Crippen molar-refractivity contribution in [3.05, 3.63) is 16.5 Å². The van der Waals surface area contributed by atoms with E-state index < -0.39 is 10.1 Å². The van der Waals surface area contributed by atoms with E-state index in [0.29, 0.717) is 8.55 Å². The minimum atomic E-state index is -2.56. The van der Waals surface area contributed by atoms with Gasteiger partial charge in [-0.15, -0.1) is 11.3 Å². The summed E-state index contributed by atoms with van der Waals surface area (Å²) in [5.74, 6) is 0. The first kappa shape index (κ1) is 8.20. The number of thiol groups is 1. The van der Waals surface area contributed by atoms with Crippen molar-refractivity contribution in [3.8, 4) is 0 Å². The zero-order valence-electron chi connectivity index (χ0n) is 5.37. The van der Waals surface area contributed by atoms with Gasteiger partial charge in [0.1, 0.15) is 0 Å². The molecule has 0 unspecified atom stereocenters. The standard InChI is InChI=1S/C5H8ClNOS2/c1-10(7,8)5-3-2-4(6)9-5/h2-3,10H,1H3,(H2,7,8). The molecule has 0 atom stereocenters. The van der Waals surface area contributed by atoms with Gasteiger partial charge in [0.25, 0.3) is 0 Å².